The van der Waals surface area contributed by atoms with Crippen molar-refractivity contribution < 1.29 is 14.7 Å². The van der Waals surface area contributed by atoms with Crippen LogP contribution < -0.4 is 4.90 Å². The zero-order valence-electron chi connectivity index (χ0n) is 24.3. The summed E-state index contributed by atoms with van der Waals surface area (Å²) < 4.78 is 2.42. The summed E-state index contributed by atoms with van der Waals surface area (Å²) in [7, 11) is 2.23. The highest BCUT2D eigenvalue weighted by molar-refractivity contribution is 5.99. The summed E-state index contributed by atoms with van der Waals surface area (Å²) in [5.74, 6) is -0.180. The van der Waals surface area contributed by atoms with Gasteiger partial charge in [0.15, 0.2) is 0 Å². The van der Waals surface area contributed by atoms with Crippen molar-refractivity contribution in [3.8, 4) is 11.3 Å². The van der Waals surface area contributed by atoms with Crippen LogP contribution in [0.1, 0.15) is 73.7 Å². The first-order chi connectivity index (χ1) is 19.4. The Kier molecular flexibility index (Phi) is 8.95. The van der Waals surface area contributed by atoms with Gasteiger partial charge in [-0.05, 0) is 62.4 Å². The quantitative estimate of drug-likeness (QED) is 0.375. The number of hydrogen-bond donors (Lipinski definition) is 1. The number of nitrogens with zero attached hydrogens (tertiary/aromatic N) is 4. The van der Waals surface area contributed by atoms with Crippen LogP contribution in [0.5, 0.6) is 0 Å². The molecule has 1 N–H and O–H groups in total. The van der Waals surface area contributed by atoms with Crippen LogP contribution in [0, 0.1) is 0 Å². The number of amides is 1. The van der Waals surface area contributed by atoms with E-state index >= 15 is 0 Å². The lowest BCUT2D eigenvalue weighted by atomic mass is 9.81. The monoisotopic (exact) mass is 578 g/mol. The molecule has 2 fully saturated rings. The molecule has 6 rings (SSSR count). The van der Waals surface area contributed by atoms with E-state index in [2.05, 4.69) is 51.7 Å². The highest BCUT2D eigenvalue weighted by Crippen LogP contribution is 2.47. The lowest BCUT2D eigenvalue weighted by Crippen LogP contribution is -2.46. The molecule has 3 aromatic rings. The molecular formula is C33H43ClN4O3. The van der Waals surface area contributed by atoms with Crippen LogP contribution in [0.25, 0.3) is 22.2 Å². The summed E-state index contributed by atoms with van der Waals surface area (Å²) in [5.41, 5.74) is 6.68. The van der Waals surface area contributed by atoms with E-state index in [0.29, 0.717) is 17.5 Å². The molecule has 3 heterocycles. The zero-order chi connectivity index (χ0) is 27.8. The van der Waals surface area contributed by atoms with Gasteiger partial charge in [-0.25, -0.2) is 4.79 Å². The number of aromatic carboxylic acids is 1. The first-order valence-electron chi connectivity index (χ1n) is 15.1. The molecule has 2 aromatic carbocycles. The number of likely N-dealkylation sites (N-methyl/N-ethyl adjacent to an activating group) is 1. The molecule has 0 atom stereocenters. The average Bonchev–Trinajstić information content (AvgIpc) is 3.21. The molecule has 7 nitrogen and oxygen atoms in total. The first kappa shape index (κ1) is 29.5. The second-order valence-electron chi connectivity index (χ2n) is 12.0. The van der Waals surface area contributed by atoms with Crippen LogP contribution in [-0.4, -0.2) is 77.2 Å². The standard InChI is InChI=1S/C33H42N4O3.ClH/c1-23(38)35-16-14-26(15-17-35)34(2)18-19-36-20-21-37-30-22-25(33(39)40)12-13-27(30)31(24-8-4-3-5-9-24)32(37)28-10-6-7-11-29(28)36;/h6-7,10-13,22,24,26H,3-5,8-9,14-21H2,1-2H3,(H,39,40);1H. The Morgan fingerprint density at radius 3 is 2.39 bits per heavy atom. The number of hydrogen-bond acceptors (Lipinski definition) is 4. The van der Waals surface area contributed by atoms with Crippen LogP contribution in [0.2, 0.25) is 0 Å². The van der Waals surface area contributed by atoms with Gasteiger partial charge in [0.1, 0.15) is 0 Å². The van der Waals surface area contributed by atoms with E-state index in [-0.39, 0.29) is 18.3 Å². The third kappa shape index (κ3) is 5.71. The van der Waals surface area contributed by atoms with Gasteiger partial charge < -0.3 is 24.4 Å². The van der Waals surface area contributed by atoms with E-state index in [1.54, 1.807) is 13.0 Å². The van der Waals surface area contributed by atoms with Gasteiger partial charge >= 0.3 is 5.97 Å². The largest absolute Gasteiger partial charge is 0.478 e. The maximum atomic E-state index is 11.9. The number of carboxylic acids is 1. The predicted octanol–water partition coefficient (Wildman–Crippen LogP) is 6.24. The molecule has 0 unspecified atom stereocenters. The molecule has 3 aliphatic rings. The fourth-order valence-corrected chi connectivity index (χ4v) is 7.44. The summed E-state index contributed by atoms with van der Waals surface area (Å²) in [6, 6.07) is 15.1. The molecule has 0 radical (unpaired) electrons. The smallest absolute Gasteiger partial charge is 0.335 e. The van der Waals surface area contributed by atoms with E-state index in [1.165, 1.54) is 60.0 Å². The number of halogens is 1. The highest BCUT2D eigenvalue weighted by atomic mass is 35.5. The van der Waals surface area contributed by atoms with Crippen molar-refractivity contribution in [1.82, 2.24) is 14.4 Å². The second kappa shape index (κ2) is 12.5. The number of carbonyl (C=O) groups excluding carboxylic acids is 1. The van der Waals surface area contributed by atoms with E-state index < -0.39 is 5.97 Å². The average molecular weight is 579 g/mol. The molecule has 1 aliphatic carbocycles. The minimum absolute atomic E-state index is 0. The molecule has 220 valence electrons. The van der Waals surface area contributed by atoms with Gasteiger partial charge in [0.2, 0.25) is 5.91 Å². The number of benzene rings is 2. The highest BCUT2D eigenvalue weighted by Gasteiger charge is 2.31. The number of anilines is 1. The number of fused-ring (bicyclic) bond motifs is 5. The normalized spacial score (nSPS) is 18.1. The Balaban J connectivity index is 0.00000337. The van der Waals surface area contributed by atoms with Crippen molar-refractivity contribution in [2.45, 2.75) is 70.4 Å². The Bertz CT molecular complexity index is 1400. The predicted molar refractivity (Wildman–Crippen MR) is 168 cm³/mol. The number of carbonyl (C=O) groups is 2. The van der Waals surface area contributed by atoms with Gasteiger partial charge in [-0.3, -0.25) is 4.79 Å². The lowest BCUT2D eigenvalue weighted by molar-refractivity contribution is -0.130. The molecule has 1 saturated carbocycles. The van der Waals surface area contributed by atoms with Crippen LogP contribution in [0.3, 0.4) is 0 Å². The summed E-state index contributed by atoms with van der Waals surface area (Å²) in [4.78, 5) is 30.7. The summed E-state index contributed by atoms with van der Waals surface area (Å²) >= 11 is 0. The number of carboxylic acid groups (broad SMARTS) is 1. The summed E-state index contributed by atoms with van der Waals surface area (Å²) in [6.45, 7) is 6.98. The third-order valence-corrected chi connectivity index (χ3v) is 9.71. The van der Waals surface area contributed by atoms with Crippen molar-refractivity contribution in [3.05, 3.63) is 53.6 Å². The molecule has 0 spiro atoms. The van der Waals surface area contributed by atoms with Crippen LogP contribution in [-0.2, 0) is 11.3 Å². The summed E-state index contributed by atoms with van der Waals surface area (Å²) in [6.07, 6.45) is 8.28. The van der Waals surface area contributed by atoms with Gasteiger partial charge in [0, 0.05) is 74.4 Å². The van der Waals surface area contributed by atoms with Crippen molar-refractivity contribution in [2.24, 2.45) is 0 Å². The molecule has 0 bridgehead atoms. The van der Waals surface area contributed by atoms with Gasteiger partial charge in [-0.15, -0.1) is 12.4 Å². The SMILES string of the molecule is CC(=O)N1CCC(N(C)CCN2CCn3c(c(C4CCCCC4)c4ccc(C(=O)O)cc43)-c3ccccc32)CC1.Cl. The maximum absolute atomic E-state index is 11.9. The second-order valence-corrected chi connectivity index (χ2v) is 12.0. The Morgan fingerprint density at radius 2 is 1.68 bits per heavy atom. The Labute approximate surface area is 249 Å². The number of rotatable bonds is 6. The number of para-hydroxylation sites is 1. The fourth-order valence-electron chi connectivity index (χ4n) is 7.44. The third-order valence-electron chi connectivity index (χ3n) is 9.71. The van der Waals surface area contributed by atoms with Crippen molar-refractivity contribution >= 4 is 40.9 Å². The van der Waals surface area contributed by atoms with Gasteiger partial charge in [0.25, 0.3) is 0 Å². The molecule has 1 aromatic heterocycles. The summed E-state index contributed by atoms with van der Waals surface area (Å²) in [5, 5.41) is 11.0. The molecule has 8 heteroatoms. The zero-order valence-corrected chi connectivity index (χ0v) is 25.2. The molecule has 41 heavy (non-hydrogen) atoms. The number of aromatic nitrogens is 1. The van der Waals surface area contributed by atoms with Crippen LogP contribution in [0.4, 0.5) is 5.69 Å². The van der Waals surface area contributed by atoms with Crippen LogP contribution in [0.15, 0.2) is 42.5 Å². The molecular weight excluding hydrogens is 536 g/mol. The van der Waals surface area contributed by atoms with E-state index in [1.807, 2.05) is 11.0 Å². The van der Waals surface area contributed by atoms with Gasteiger partial charge in [0.05, 0.1) is 11.3 Å². The maximum Gasteiger partial charge on any atom is 0.335 e. The van der Waals surface area contributed by atoms with Crippen molar-refractivity contribution in [3.63, 3.8) is 0 Å². The molecule has 1 saturated heterocycles. The van der Waals surface area contributed by atoms with E-state index in [9.17, 15) is 14.7 Å². The number of piperidine rings is 1. The van der Waals surface area contributed by atoms with E-state index in [0.717, 1.165) is 57.6 Å². The topological polar surface area (TPSA) is 69.0 Å². The van der Waals surface area contributed by atoms with Gasteiger partial charge in [-0.1, -0.05) is 43.5 Å². The van der Waals surface area contributed by atoms with E-state index in [4.69, 9.17) is 0 Å². The van der Waals surface area contributed by atoms with Crippen molar-refractivity contribution in [1.29, 1.82) is 0 Å². The number of likely N-dealkylation sites (tertiary alicyclic amines) is 1. The molecule has 2 aliphatic heterocycles. The lowest BCUT2D eigenvalue weighted by Gasteiger charge is -2.37. The minimum Gasteiger partial charge on any atom is -0.478 e. The van der Waals surface area contributed by atoms with Crippen molar-refractivity contribution in [2.75, 3.05) is 44.7 Å². The Morgan fingerprint density at radius 1 is 0.951 bits per heavy atom. The van der Waals surface area contributed by atoms with Crippen LogP contribution >= 0.6 is 12.4 Å². The Hall–Kier alpha value is -3.03. The van der Waals surface area contributed by atoms with Gasteiger partial charge in [-0.2, -0.15) is 0 Å². The first-order valence-corrected chi connectivity index (χ1v) is 15.1. The fraction of sp³-hybridized carbons (Fsp3) is 0.515. The molecule has 1 amide bonds. The minimum atomic E-state index is -0.871.